The third-order valence-corrected chi connectivity index (χ3v) is 3.35. The molecule has 4 heteroatoms. The van der Waals surface area contributed by atoms with E-state index in [1.165, 1.54) is 5.56 Å². The van der Waals surface area contributed by atoms with Crippen molar-refractivity contribution in [2.24, 2.45) is 5.73 Å². The van der Waals surface area contributed by atoms with E-state index < -0.39 is 0 Å². The van der Waals surface area contributed by atoms with Crippen molar-refractivity contribution in [1.82, 2.24) is 5.32 Å². The van der Waals surface area contributed by atoms with E-state index in [4.69, 9.17) is 15.2 Å². The minimum Gasteiger partial charge on any atom is -0.497 e. The lowest BCUT2D eigenvalue weighted by Crippen LogP contribution is -2.51. The van der Waals surface area contributed by atoms with Gasteiger partial charge < -0.3 is 20.5 Å². The highest BCUT2D eigenvalue weighted by atomic mass is 16.5. The number of ether oxygens (including phenoxy) is 2. The molecule has 0 spiro atoms. The first-order valence-corrected chi connectivity index (χ1v) is 7.29. The first-order chi connectivity index (χ1) is 9.99. The highest BCUT2D eigenvalue weighted by molar-refractivity contribution is 5.28. The summed E-state index contributed by atoms with van der Waals surface area (Å²) in [7, 11) is 1.67. The summed E-state index contributed by atoms with van der Waals surface area (Å²) in [6, 6.07) is 8.10. The Hall–Kier alpha value is -1.36. The molecule has 118 valence electrons. The van der Waals surface area contributed by atoms with Crippen LogP contribution in [0.15, 0.2) is 36.4 Å². The van der Waals surface area contributed by atoms with Crippen LogP contribution < -0.4 is 15.8 Å². The van der Waals surface area contributed by atoms with Gasteiger partial charge in [-0.05, 0) is 38.0 Å². The molecule has 0 fully saturated rings. The zero-order chi connectivity index (χ0) is 15.7. The predicted molar refractivity (Wildman–Crippen MR) is 87.8 cm³/mol. The quantitative estimate of drug-likeness (QED) is 0.512. The lowest BCUT2D eigenvalue weighted by Gasteiger charge is -2.30. The molecule has 0 heterocycles. The summed E-state index contributed by atoms with van der Waals surface area (Å²) in [5.41, 5.74) is 8.07. The molecule has 4 nitrogen and oxygen atoms in total. The van der Waals surface area contributed by atoms with Crippen LogP contribution in [0.1, 0.15) is 19.4 Å². The van der Waals surface area contributed by atoms with Gasteiger partial charge in [0.05, 0.1) is 20.3 Å². The van der Waals surface area contributed by atoms with Gasteiger partial charge in [0.25, 0.3) is 0 Å². The van der Waals surface area contributed by atoms with E-state index in [1.807, 2.05) is 19.1 Å². The highest BCUT2D eigenvalue weighted by Gasteiger charge is 2.21. The molecule has 1 rings (SSSR count). The monoisotopic (exact) mass is 292 g/mol. The van der Waals surface area contributed by atoms with Gasteiger partial charge in [-0.2, -0.15) is 0 Å². The second kappa shape index (κ2) is 8.82. The standard InChI is InChI=1S/C17H28N2O2/c1-14(2)12-21-10-9-19-17(3,13-18)11-15-5-7-16(20-4)8-6-15/h5-8,19H,1,9-13,18H2,2-4H3. The van der Waals surface area contributed by atoms with Crippen LogP contribution in [0.25, 0.3) is 0 Å². The van der Waals surface area contributed by atoms with Gasteiger partial charge in [-0.15, -0.1) is 0 Å². The molecule has 0 saturated carbocycles. The van der Waals surface area contributed by atoms with Crippen molar-refractivity contribution in [2.45, 2.75) is 25.8 Å². The third-order valence-electron chi connectivity index (χ3n) is 3.35. The summed E-state index contributed by atoms with van der Waals surface area (Å²) < 4.78 is 10.7. The number of methoxy groups -OCH3 is 1. The van der Waals surface area contributed by atoms with Crippen molar-refractivity contribution in [3.8, 4) is 5.75 Å². The van der Waals surface area contributed by atoms with Gasteiger partial charge in [-0.3, -0.25) is 0 Å². The Morgan fingerprint density at radius 3 is 2.52 bits per heavy atom. The molecule has 0 bridgehead atoms. The van der Waals surface area contributed by atoms with Gasteiger partial charge in [0.15, 0.2) is 0 Å². The van der Waals surface area contributed by atoms with Gasteiger partial charge >= 0.3 is 0 Å². The minimum absolute atomic E-state index is 0.138. The maximum absolute atomic E-state index is 5.93. The Labute approximate surface area is 128 Å². The molecule has 3 N–H and O–H groups in total. The smallest absolute Gasteiger partial charge is 0.118 e. The third kappa shape index (κ3) is 6.76. The van der Waals surface area contributed by atoms with Crippen molar-refractivity contribution in [2.75, 3.05) is 33.4 Å². The summed E-state index contributed by atoms with van der Waals surface area (Å²) in [5, 5.41) is 3.49. The maximum Gasteiger partial charge on any atom is 0.118 e. The first-order valence-electron chi connectivity index (χ1n) is 7.29. The fraction of sp³-hybridized carbons (Fsp3) is 0.529. The van der Waals surface area contributed by atoms with E-state index >= 15 is 0 Å². The minimum atomic E-state index is -0.138. The largest absolute Gasteiger partial charge is 0.497 e. The Kier molecular flexibility index (Phi) is 7.43. The maximum atomic E-state index is 5.93. The highest BCUT2D eigenvalue weighted by Crippen LogP contribution is 2.16. The van der Waals surface area contributed by atoms with Crippen molar-refractivity contribution in [1.29, 1.82) is 0 Å². The van der Waals surface area contributed by atoms with Gasteiger partial charge in [-0.1, -0.05) is 24.3 Å². The summed E-state index contributed by atoms with van der Waals surface area (Å²) >= 11 is 0. The van der Waals surface area contributed by atoms with E-state index in [1.54, 1.807) is 7.11 Å². The summed E-state index contributed by atoms with van der Waals surface area (Å²) in [6.45, 7) is 10.5. The summed E-state index contributed by atoms with van der Waals surface area (Å²) in [4.78, 5) is 0. The molecule has 21 heavy (non-hydrogen) atoms. The molecule has 0 aliphatic carbocycles. The van der Waals surface area contributed by atoms with Gasteiger partial charge in [0.2, 0.25) is 0 Å². The number of nitrogens with one attached hydrogen (secondary N) is 1. The van der Waals surface area contributed by atoms with Crippen molar-refractivity contribution in [3.05, 3.63) is 42.0 Å². The van der Waals surface area contributed by atoms with E-state index in [0.717, 1.165) is 24.3 Å². The Bertz CT molecular complexity index is 431. The summed E-state index contributed by atoms with van der Waals surface area (Å²) in [6.07, 6.45) is 0.869. The van der Waals surface area contributed by atoms with Gasteiger partial charge in [-0.25, -0.2) is 0 Å². The molecular formula is C17H28N2O2. The summed E-state index contributed by atoms with van der Waals surface area (Å²) in [5.74, 6) is 0.870. The molecule has 1 aromatic rings. The number of hydrogen-bond donors (Lipinski definition) is 2. The molecule has 0 saturated heterocycles. The molecule has 1 unspecified atom stereocenters. The van der Waals surface area contributed by atoms with E-state index in [-0.39, 0.29) is 5.54 Å². The van der Waals surface area contributed by atoms with Crippen molar-refractivity contribution >= 4 is 0 Å². The number of benzene rings is 1. The number of hydrogen-bond acceptors (Lipinski definition) is 4. The normalized spacial score (nSPS) is 13.7. The zero-order valence-corrected chi connectivity index (χ0v) is 13.4. The van der Waals surface area contributed by atoms with Crippen LogP contribution in [0.3, 0.4) is 0 Å². The van der Waals surface area contributed by atoms with Crippen molar-refractivity contribution in [3.63, 3.8) is 0 Å². The van der Waals surface area contributed by atoms with Gasteiger partial charge in [0, 0.05) is 18.6 Å². The average Bonchev–Trinajstić information content (AvgIpc) is 2.47. The van der Waals surface area contributed by atoms with Crippen LogP contribution in [0.4, 0.5) is 0 Å². The fourth-order valence-corrected chi connectivity index (χ4v) is 2.07. The van der Waals surface area contributed by atoms with Crippen molar-refractivity contribution < 1.29 is 9.47 Å². The topological polar surface area (TPSA) is 56.5 Å². The molecule has 0 aliphatic rings. The molecule has 0 aromatic heterocycles. The molecule has 1 atom stereocenters. The van der Waals surface area contributed by atoms with Crippen LogP contribution in [0.2, 0.25) is 0 Å². The van der Waals surface area contributed by atoms with Crippen LogP contribution in [0.5, 0.6) is 5.75 Å². The lowest BCUT2D eigenvalue weighted by molar-refractivity contribution is 0.149. The molecule has 1 aromatic carbocycles. The lowest BCUT2D eigenvalue weighted by atomic mass is 9.93. The molecule has 0 aliphatic heterocycles. The van der Waals surface area contributed by atoms with Crippen LogP contribution in [-0.4, -0.2) is 39.0 Å². The van der Waals surface area contributed by atoms with Crippen LogP contribution >= 0.6 is 0 Å². The Morgan fingerprint density at radius 2 is 2.00 bits per heavy atom. The zero-order valence-electron chi connectivity index (χ0n) is 13.4. The molecule has 0 amide bonds. The second-order valence-electron chi connectivity index (χ2n) is 5.73. The van der Waals surface area contributed by atoms with Crippen LogP contribution in [-0.2, 0) is 11.2 Å². The Balaban J connectivity index is 2.44. The fourth-order valence-electron chi connectivity index (χ4n) is 2.07. The number of nitrogens with two attached hydrogens (primary N) is 1. The second-order valence-corrected chi connectivity index (χ2v) is 5.73. The Morgan fingerprint density at radius 1 is 1.33 bits per heavy atom. The molecule has 0 radical (unpaired) electrons. The first kappa shape index (κ1) is 17.7. The average molecular weight is 292 g/mol. The van der Waals surface area contributed by atoms with E-state index in [2.05, 4.69) is 31.0 Å². The SMILES string of the molecule is C=C(C)COCCNC(C)(CN)Cc1ccc(OC)cc1. The van der Waals surface area contributed by atoms with E-state index in [0.29, 0.717) is 19.8 Å². The van der Waals surface area contributed by atoms with Gasteiger partial charge in [0.1, 0.15) is 5.75 Å². The predicted octanol–water partition coefficient (Wildman–Crippen LogP) is 2.14. The number of rotatable bonds is 10. The van der Waals surface area contributed by atoms with Crippen LogP contribution in [0, 0.1) is 0 Å². The molecular weight excluding hydrogens is 264 g/mol. The van der Waals surface area contributed by atoms with E-state index in [9.17, 15) is 0 Å².